The zero-order valence-corrected chi connectivity index (χ0v) is 14.8. The van der Waals surface area contributed by atoms with Crippen LogP contribution in [0.5, 0.6) is 0 Å². The smallest absolute Gasteiger partial charge is 0.344 e. The molecule has 1 aliphatic rings. The molecule has 5 N–H and O–H groups in total. The Balaban J connectivity index is 1.86. The quantitative estimate of drug-likeness (QED) is 0.245. The number of carbonyl (C=O) groups is 2. The van der Waals surface area contributed by atoms with Crippen LogP contribution in [0.2, 0.25) is 5.28 Å². The molecule has 0 spiro atoms. The van der Waals surface area contributed by atoms with Crippen molar-refractivity contribution in [2.45, 2.75) is 30.6 Å². The number of nitrogens with two attached hydrogens (primary N) is 1. The highest BCUT2D eigenvalue weighted by atomic mass is 35.5. The molecule has 0 aromatic carbocycles. The third-order valence-corrected chi connectivity index (χ3v) is 4.29. The largest absolute Gasteiger partial charge is 0.479 e. The molecule has 0 saturated carbocycles. The van der Waals surface area contributed by atoms with Crippen molar-refractivity contribution in [1.82, 2.24) is 19.5 Å². The number of nitrogen functional groups attached to an aromatic ring is 1. The standard InChI is InChI=1S/C14H15ClN6O7/c1-17-5-4(2-27-8(12(23)24)13(25)26)28-11(7(5)22)21-3-18-6-9(16)19-14(15)20-10(6)21/h3-5,7-8,11,22H,1-2H2,(H,23,24)(H,25,26)(H2,16,19,20)/t4-,5-,7-,11-/m1/s1. The van der Waals surface area contributed by atoms with Crippen molar-refractivity contribution < 1.29 is 34.4 Å². The monoisotopic (exact) mass is 414 g/mol. The van der Waals surface area contributed by atoms with Crippen LogP contribution in [-0.2, 0) is 19.1 Å². The Bertz CT molecular complexity index is 922. The number of ether oxygens (including phenoxy) is 2. The number of aromatic nitrogens is 4. The minimum atomic E-state index is -2.09. The van der Waals surface area contributed by atoms with E-state index in [1.54, 1.807) is 0 Å². The van der Waals surface area contributed by atoms with Crippen molar-refractivity contribution in [3.8, 4) is 0 Å². The highest BCUT2D eigenvalue weighted by Gasteiger charge is 2.46. The van der Waals surface area contributed by atoms with Gasteiger partial charge in [-0.3, -0.25) is 9.56 Å². The molecule has 0 aliphatic carbocycles. The fourth-order valence-electron chi connectivity index (χ4n) is 2.86. The van der Waals surface area contributed by atoms with E-state index in [2.05, 4.69) is 26.7 Å². The van der Waals surface area contributed by atoms with Crippen molar-refractivity contribution in [1.29, 1.82) is 0 Å². The molecule has 0 radical (unpaired) electrons. The molecule has 0 bridgehead atoms. The van der Waals surface area contributed by atoms with Gasteiger partial charge in [-0.25, -0.2) is 14.6 Å². The van der Waals surface area contributed by atoms with E-state index in [0.717, 1.165) is 0 Å². The number of halogens is 1. The van der Waals surface area contributed by atoms with Gasteiger partial charge in [-0.15, -0.1) is 0 Å². The van der Waals surface area contributed by atoms with Gasteiger partial charge in [0.25, 0.3) is 6.10 Å². The molecular formula is C14H15ClN6O7. The van der Waals surface area contributed by atoms with Crippen molar-refractivity contribution in [3.63, 3.8) is 0 Å². The first-order chi connectivity index (χ1) is 13.2. The van der Waals surface area contributed by atoms with E-state index in [0.29, 0.717) is 0 Å². The average Bonchev–Trinajstić information content (AvgIpc) is 3.15. The number of hydrogen-bond acceptors (Lipinski definition) is 10. The lowest BCUT2D eigenvalue weighted by atomic mass is 10.1. The second-order valence-electron chi connectivity index (χ2n) is 5.82. The number of aliphatic imine (C=N–C) groups is 1. The van der Waals surface area contributed by atoms with Gasteiger partial charge in [-0.2, -0.15) is 9.97 Å². The molecule has 13 nitrogen and oxygen atoms in total. The third-order valence-electron chi connectivity index (χ3n) is 4.12. The number of aliphatic hydroxyl groups excluding tert-OH is 1. The maximum atomic E-state index is 10.9. The number of aliphatic carboxylic acids is 2. The highest BCUT2D eigenvalue weighted by Crippen LogP contribution is 2.34. The van der Waals surface area contributed by atoms with Gasteiger partial charge in [0, 0.05) is 0 Å². The summed E-state index contributed by atoms with van der Waals surface area (Å²) in [5.41, 5.74) is 6.18. The summed E-state index contributed by atoms with van der Waals surface area (Å²) >= 11 is 5.82. The van der Waals surface area contributed by atoms with Gasteiger partial charge in [-0.05, 0) is 18.3 Å². The summed E-state index contributed by atoms with van der Waals surface area (Å²) in [6, 6.07) is -0.930. The molecule has 3 rings (SSSR count). The normalized spacial score (nSPS) is 24.7. The number of fused-ring (bicyclic) bond motifs is 1. The zero-order valence-electron chi connectivity index (χ0n) is 14.0. The van der Waals surface area contributed by atoms with Crippen LogP contribution in [-0.4, -0.2) is 84.5 Å². The van der Waals surface area contributed by atoms with Gasteiger partial charge in [0.05, 0.1) is 12.9 Å². The highest BCUT2D eigenvalue weighted by molar-refractivity contribution is 6.28. The van der Waals surface area contributed by atoms with Crippen LogP contribution in [0.1, 0.15) is 6.23 Å². The van der Waals surface area contributed by atoms with Gasteiger partial charge < -0.3 is 30.5 Å². The molecule has 1 fully saturated rings. The van der Waals surface area contributed by atoms with E-state index in [9.17, 15) is 14.7 Å². The molecule has 3 heterocycles. The number of nitrogens with zero attached hydrogens (tertiary/aromatic N) is 5. The van der Waals surface area contributed by atoms with E-state index in [1.807, 2.05) is 0 Å². The second-order valence-corrected chi connectivity index (χ2v) is 6.16. The number of rotatable bonds is 7. The fraction of sp³-hybridized carbons (Fsp3) is 0.429. The van der Waals surface area contributed by atoms with Gasteiger partial charge >= 0.3 is 11.9 Å². The lowest BCUT2D eigenvalue weighted by Crippen LogP contribution is -2.38. The number of hydrogen-bond donors (Lipinski definition) is 4. The molecule has 28 heavy (non-hydrogen) atoms. The minimum absolute atomic E-state index is 0.0327. The summed E-state index contributed by atoms with van der Waals surface area (Å²) in [7, 11) is 0. The fourth-order valence-corrected chi connectivity index (χ4v) is 3.03. The second kappa shape index (κ2) is 7.63. The predicted octanol–water partition coefficient (Wildman–Crippen LogP) is -1.06. The summed E-state index contributed by atoms with van der Waals surface area (Å²) in [5, 5.41) is 28.2. The number of aliphatic hydroxyl groups is 1. The zero-order chi connectivity index (χ0) is 20.6. The number of carboxylic acid groups (broad SMARTS) is 2. The van der Waals surface area contributed by atoms with Crippen LogP contribution < -0.4 is 5.73 Å². The van der Waals surface area contributed by atoms with E-state index in [-0.39, 0.29) is 22.3 Å². The maximum Gasteiger partial charge on any atom is 0.344 e. The number of carboxylic acids is 2. The van der Waals surface area contributed by atoms with Crippen molar-refractivity contribution in [2.75, 3.05) is 12.3 Å². The first-order valence-electron chi connectivity index (χ1n) is 7.76. The number of imidazole rings is 1. The molecule has 14 heteroatoms. The first-order valence-corrected chi connectivity index (χ1v) is 8.14. The van der Waals surface area contributed by atoms with Crippen molar-refractivity contribution >= 4 is 47.2 Å². The van der Waals surface area contributed by atoms with Crippen LogP contribution >= 0.6 is 11.6 Å². The van der Waals surface area contributed by atoms with Crippen LogP contribution in [0.3, 0.4) is 0 Å². The molecule has 0 unspecified atom stereocenters. The average molecular weight is 415 g/mol. The molecular weight excluding hydrogens is 400 g/mol. The van der Waals surface area contributed by atoms with E-state index < -0.39 is 49.1 Å². The Morgan fingerprint density at radius 1 is 1.43 bits per heavy atom. The van der Waals surface area contributed by atoms with Crippen molar-refractivity contribution in [3.05, 3.63) is 11.6 Å². The summed E-state index contributed by atoms with van der Waals surface area (Å²) in [5.74, 6) is -3.31. The molecule has 150 valence electrons. The Morgan fingerprint density at radius 2 is 2.11 bits per heavy atom. The SMILES string of the molecule is C=N[C@H]1[C@@H](O)[C@H](n2cnc3c(N)nc(Cl)nc32)O[C@@H]1COC(C(=O)O)C(=O)O. The molecule has 2 aromatic rings. The molecule has 2 aromatic heterocycles. The predicted molar refractivity (Wildman–Crippen MR) is 93.0 cm³/mol. The van der Waals surface area contributed by atoms with Crippen molar-refractivity contribution in [2.24, 2.45) is 4.99 Å². The Kier molecular flexibility index (Phi) is 5.42. The van der Waals surface area contributed by atoms with Gasteiger partial charge in [0.2, 0.25) is 5.28 Å². The topological polar surface area (TPSA) is 195 Å². The minimum Gasteiger partial charge on any atom is -0.479 e. The van der Waals surface area contributed by atoms with Crippen LogP contribution in [0.15, 0.2) is 11.3 Å². The summed E-state index contributed by atoms with van der Waals surface area (Å²) in [4.78, 5) is 37.5. The van der Waals surface area contributed by atoms with Crippen LogP contribution in [0, 0.1) is 0 Å². The number of anilines is 1. The molecule has 1 saturated heterocycles. The Labute approximate surface area is 161 Å². The van der Waals surface area contributed by atoms with E-state index in [4.69, 9.17) is 37.0 Å². The van der Waals surface area contributed by atoms with E-state index in [1.165, 1.54) is 10.9 Å². The third kappa shape index (κ3) is 3.47. The first kappa shape index (κ1) is 19.9. The van der Waals surface area contributed by atoms with Gasteiger partial charge in [0.15, 0.2) is 17.7 Å². The van der Waals surface area contributed by atoms with Crippen LogP contribution in [0.25, 0.3) is 11.2 Å². The van der Waals surface area contributed by atoms with Crippen LogP contribution in [0.4, 0.5) is 5.82 Å². The Hall–Kier alpha value is -2.87. The summed E-state index contributed by atoms with van der Waals surface area (Å²) < 4.78 is 12.0. The summed E-state index contributed by atoms with van der Waals surface area (Å²) in [6.45, 7) is 2.91. The molecule has 4 atom stereocenters. The lowest BCUT2D eigenvalue weighted by molar-refractivity contribution is -0.169. The lowest BCUT2D eigenvalue weighted by Gasteiger charge is -2.17. The maximum absolute atomic E-state index is 10.9. The molecule has 1 aliphatic heterocycles. The van der Waals surface area contributed by atoms with Gasteiger partial charge in [-0.1, -0.05) is 0 Å². The van der Waals surface area contributed by atoms with E-state index >= 15 is 0 Å². The molecule has 0 amide bonds. The Morgan fingerprint density at radius 3 is 2.71 bits per heavy atom. The summed E-state index contributed by atoms with van der Waals surface area (Å²) in [6.07, 6.45) is -4.07. The van der Waals surface area contributed by atoms with Gasteiger partial charge in [0.1, 0.15) is 23.8 Å².